The molecular weight excluding hydrogens is 178 g/mol. The Morgan fingerprint density at radius 1 is 1.57 bits per heavy atom. The van der Waals surface area contributed by atoms with Crippen molar-refractivity contribution in [3.63, 3.8) is 0 Å². The molecule has 3 heteroatoms. The van der Waals surface area contributed by atoms with Crippen LogP contribution in [0, 0.1) is 5.92 Å². The summed E-state index contributed by atoms with van der Waals surface area (Å²) in [5.74, 6) is 0.726. The molecule has 0 aliphatic heterocycles. The summed E-state index contributed by atoms with van der Waals surface area (Å²) in [6.07, 6.45) is 4.29. The molecule has 0 aromatic rings. The molecule has 84 valence electrons. The van der Waals surface area contributed by atoms with E-state index >= 15 is 0 Å². The summed E-state index contributed by atoms with van der Waals surface area (Å²) < 4.78 is 4.94. The molecule has 0 saturated heterocycles. The van der Waals surface area contributed by atoms with Crippen molar-refractivity contribution in [2.75, 3.05) is 26.8 Å². The van der Waals surface area contributed by atoms with Gasteiger partial charge in [-0.05, 0) is 25.2 Å². The lowest BCUT2D eigenvalue weighted by Crippen LogP contribution is -2.39. The lowest BCUT2D eigenvalue weighted by atomic mass is 9.99. The molecule has 0 radical (unpaired) electrons. The Bertz CT molecular complexity index is 163. The van der Waals surface area contributed by atoms with Gasteiger partial charge in [0.2, 0.25) is 0 Å². The predicted octanol–water partition coefficient (Wildman–Crippen LogP) is 1.16. The first-order valence-electron chi connectivity index (χ1n) is 5.62. The van der Waals surface area contributed by atoms with Crippen LogP contribution < -0.4 is 5.32 Å². The molecule has 1 aliphatic rings. The van der Waals surface area contributed by atoms with Crippen molar-refractivity contribution in [2.45, 2.75) is 38.2 Å². The van der Waals surface area contributed by atoms with Crippen molar-refractivity contribution in [2.24, 2.45) is 5.92 Å². The minimum absolute atomic E-state index is 0.450. The molecule has 2 N–H and O–H groups in total. The number of ether oxygens (including phenoxy) is 1. The number of hydrogen-bond acceptors (Lipinski definition) is 3. The first-order valence-corrected chi connectivity index (χ1v) is 5.62. The van der Waals surface area contributed by atoms with Gasteiger partial charge < -0.3 is 15.2 Å². The van der Waals surface area contributed by atoms with Gasteiger partial charge in [0.1, 0.15) is 0 Å². The highest BCUT2D eigenvalue weighted by Gasteiger charge is 2.35. The third-order valence-corrected chi connectivity index (χ3v) is 3.20. The highest BCUT2D eigenvalue weighted by Crippen LogP contribution is 2.35. The van der Waals surface area contributed by atoms with Crippen LogP contribution in [0.5, 0.6) is 0 Å². The van der Waals surface area contributed by atoms with Gasteiger partial charge in [-0.15, -0.1) is 0 Å². The zero-order valence-electron chi connectivity index (χ0n) is 9.38. The van der Waals surface area contributed by atoms with Gasteiger partial charge in [0.05, 0.1) is 12.2 Å². The minimum atomic E-state index is -0.450. The number of methoxy groups -OCH3 is 1. The van der Waals surface area contributed by atoms with Crippen LogP contribution in [0.25, 0.3) is 0 Å². The molecule has 0 bridgehead atoms. The average molecular weight is 201 g/mol. The first-order chi connectivity index (χ1) is 6.70. The monoisotopic (exact) mass is 201 g/mol. The largest absolute Gasteiger partial charge is 0.389 e. The molecule has 0 heterocycles. The molecular formula is C11H23NO2. The van der Waals surface area contributed by atoms with E-state index in [1.807, 2.05) is 0 Å². The molecule has 1 fully saturated rings. The number of aliphatic hydroxyl groups is 1. The molecule has 0 amide bonds. The molecule has 0 aromatic heterocycles. The Kier molecular flexibility index (Phi) is 4.85. The van der Waals surface area contributed by atoms with E-state index in [1.165, 1.54) is 12.8 Å². The van der Waals surface area contributed by atoms with Crippen molar-refractivity contribution in [3.8, 4) is 0 Å². The highest BCUT2D eigenvalue weighted by molar-refractivity contribution is 4.90. The topological polar surface area (TPSA) is 41.5 Å². The van der Waals surface area contributed by atoms with Crippen LogP contribution in [0.2, 0.25) is 0 Å². The number of nitrogens with one attached hydrogen (secondary N) is 1. The Hall–Kier alpha value is -0.120. The Morgan fingerprint density at radius 3 is 2.93 bits per heavy atom. The van der Waals surface area contributed by atoms with E-state index in [1.54, 1.807) is 7.11 Å². The molecule has 1 rings (SSSR count). The van der Waals surface area contributed by atoms with Crippen LogP contribution >= 0.6 is 0 Å². The molecule has 0 aromatic carbocycles. The van der Waals surface area contributed by atoms with Gasteiger partial charge in [-0.1, -0.05) is 13.3 Å². The van der Waals surface area contributed by atoms with Gasteiger partial charge in [-0.2, -0.15) is 0 Å². The van der Waals surface area contributed by atoms with Crippen LogP contribution in [0.15, 0.2) is 0 Å². The van der Waals surface area contributed by atoms with Crippen molar-refractivity contribution < 1.29 is 9.84 Å². The van der Waals surface area contributed by atoms with Crippen LogP contribution in [-0.4, -0.2) is 37.5 Å². The molecule has 0 spiro atoms. The van der Waals surface area contributed by atoms with E-state index in [2.05, 4.69) is 12.2 Å². The van der Waals surface area contributed by atoms with E-state index in [-0.39, 0.29) is 0 Å². The minimum Gasteiger partial charge on any atom is -0.389 e. The van der Waals surface area contributed by atoms with E-state index in [0.717, 1.165) is 25.3 Å². The maximum atomic E-state index is 10.2. The van der Waals surface area contributed by atoms with Crippen LogP contribution in [0.3, 0.4) is 0 Å². The molecule has 3 nitrogen and oxygen atoms in total. The summed E-state index contributed by atoms with van der Waals surface area (Å²) in [6.45, 7) is 4.46. The second-order valence-electron chi connectivity index (χ2n) is 4.41. The summed E-state index contributed by atoms with van der Waals surface area (Å²) in [5.41, 5.74) is -0.450. The van der Waals surface area contributed by atoms with Gasteiger partial charge in [-0.25, -0.2) is 0 Å². The maximum Gasteiger partial charge on any atom is 0.0774 e. The van der Waals surface area contributed by atoms with Gasteiger partial charge in [-0.3, -0.25) is 0 Å². The normalized spacial score (nSPS) is 32.4. The van der Waals surface area contributed by atoms with Gasteiger partial charge in [0, 0.05) is 20.2 Å². The van der Waals surface area contributed by atoms with Gasteiger partial charge in [0.25, 0.3) is 0 Å². The van der Waals surface area contributed by atoms with Crippen molar-refractivity contribution in [1.82, 2.24) is 5.32 Å². The number of hydrogen-bond donors (Lipinski definition) is 2. The quantitative estimate of drug-likeness (QED) is 0.634. The first kappa shape index (κ1) is 12.0. The summed E-state index contributed by atoms with van der Waals surface area (Å²) in [7, 11) is 1.69. The summed E-state index contributed by atoms with van der Waals surface area (Å²) in [4.78, 5) is 0. The van der Waals surface area contributed by atoms with Crippen LogP contribution in [0.4, 0.5) is 0 Å². The smallest absolute Gasteiger partial charge is 0.0774 e. The fourth-order valence-electron chi connectivity index (χ4n) is 2.22. The third-order valence-electron chi connectivity index (χ3n) is 3.20. The van der Waals surface area contributed by atoms with Gasteiger partial charge in [0.15, 0.2) is 0 Å². The van der Waals surface area contributed by atoms with E-state index < -0.39 is 5.60 Å². The van der Waals surface area contributed by atoms with E-state index in [9.17, 15) is 5.11 Å². The lowest BCUT2D eigenvalue weighted by Gasteiger charge is -2.23. The van der Waals surface area contributed by atoms with Crippen molar-refractivity contribution in [3.05, 3.63) is 0 Å². The fourth-order valence-corrected chi connectivity index (χ4v) is 2.22. The average Bonchev–Trinajstić information content (AvgIpc) is 2.56. The third kappa shape index (κ3) is 3.56. The van der Waals surface area contributed by atoms with Gasteiger partial charge >= 0.3 is 0 Å². The second kappa shape index (κ2) is 5.69. The van der Waals surface area contributed by atoms with Crippen LogP contribution in [0.1, 0.15) is 32.6 Å². The molecule has 14 heavy (non-hydrogen) atoms. The summed E-state index contributed by atoms with van der Waals surface area (Å²) >= 11 is 0. The maximum absolute atomic E-state index is 10.2. The predicted molar refractivity (Wildman–Crippen MR) is 57.3 cm³/mol. The standard InChI is InChI=1S/C11H23NO2/c1-3-10-4-5-11(13,8-10)9-12-6-7-14-2/h10,12-13H,3-9H2,1-2H3. The van der Waals surface area contributed by atoms with Crippen molar-refractivity contribution in [1.29, 1.82) is 0 Å². The molecule has 2 unspecified atom stereocenters. The highest BCUT2D eigenvalue weighted by atomic mass is 16.5. The SMILES string of the molecule is CCC1CCC(O)(CNCCOC)C1. The molecule has 1 saturated carbocycles. The zero-order valence-corrected chi connectivity index (χ0v) is 9.38. The summed E-state index contributed by atoms with van der Waals surface area (Å²) in [5, 5.41) is 13.4. The number of rotatable bonds is 6. The van der Waals surface area contributed by atoms with E-state index in [0.29, 0.717) is 13.2 Å². The second-order valence-corrected chi connectivity index (χ2v) is 4.41. The zero-order chi connectivity index (χ0) is 10.4. The molecule has 1 aliphatic carbocycles. The Balaban J connectivity index is 2.16. The van der Waals surface area contributed by atoms with E-state index in [4.69, 9.17) is 4.74 Å². The van der Waals surface area contributed by atoms with Crippen LogP contribution in [-0.2, 0) is 4.74 Å². The Morgan fingerprint density at radius 2 is 2.36 bits per heavy atom. The Labute approximate surface area is 86.8 Å². The van der Waals surface area contributed by atoms with Crippen molar-refractivity contribution >= 4 is 0 Å². The fraction of sp³-hybridized carbons (Fsp3) is 1.00. The lowest BCUT2D eigenvalue weighted by molar-refractivity contribution is 0.0417. The molecule has 2 atom stereocenters. The summed E-state index contributed by atoms with van der Waals surface area (Å²) in [6, 6.07) is 0.